The molecule has 17 heavy (non-hydrogen) atoms. The zero-order valence-electron chi connectivity index (χ0n) is 9.89. The summed E-state index contributed by atoms with van der Waals surface area (Å²) in [5.41, 5.74) is 0.470. The highest BCUT2D eigenvalue weighted by atomic mass is 35.5. The zero-order chi connectivity index (χ0) is 12.8. The van der Waals surface area contributed by atoms with Gasteiger partial charge in [-0.25, -0.2) is 9.18 Å². The summed E-state index contributed by atoms with van der Waals surface area (Å²) < 4.78 is 12.9. The lowest BCUT2D eigenvalue weighted by Crippen LogP contribution is -2.35. The number of amides is 2. The molecule has 0 aliphatic carbocycles. The Morgan fingerprint density at radius 3 is 2.82 bits per heavy atom. The maximum Gasteiger partial charge on any atom is 0.319 e. The molecule has 0 fully saturated rings. The Labute approximate surface area is 105 Å². The van der Waals surface area contributed by atoms with Gasteiger partial charge in [-0.05, 0) is 31.5 Å². The maximum absolute atomic E-state index is 12.9. The van der Waals surface area contributed by atoms with E-state index in [1.807, 2.05) is 6.92 Å². The first-order valence-corrected chi connectivity index (χ1v) is 5.93. The van der Waals surface area contributed by atoms with Crippen LogP contribution in [0.2, 0.25) is 5.02 Å². The van der Waals surface area contributed by atoms with Gasteiger partial charge in [-0.3, -0.25) is 0 Å². The van der Waals surface area contributed by atoms with Crippen molar-refractivity contribution in [2.24, 2.45) is 0 Å². The van der Waals surface area contributed by atoms with E-state index in [4.69, 9.17) is 11.6 Å². The van der Waals surface area contributed by atoms with Gasteiger partial charge in [0.05, 0.1) is 5.02 Å². The molecule has 2 amide bonds. The molecule has 5 heteroatoms. The van der Waals surface area contributed by atoms with E-state index in [-0.39, 0.29) is 17.1 Å². The average molecular weight is 259 g/mol. The molecule has 94 valence electrons. The summed E-state index contributed by atoms with van der Waals surface area (Å²) in [4.78, 5) is 11.5. The third-order valence-corrected chi connectivity index (χ3v) is 2.57. The SMILES string of the molecule is CCC[C@H](C)NC(=O)Nc1ccc(F)c(Cl)c1. The molecule has 0 spiro atoms. The lowest BCUT2D eigenvalue weighted by molar-refractivity contribution is 0.248. The van der Waals surface area contributed by atoms with Crippen molar-refractivity contribution < 1.29 is 9.18 Å². The summed E-state index contributed by atoms with van der Waals surface area (Å²) in [6.45, 7) is 3.98. The molecule has 0 heterocycles. The van der Waals surface area contributed by atoms with Gasteiger partial charge in [0.25, 0.3) is 0 Å². The monoisotopic (exact) mass is 258 g/mol. The summed E-state index contributed by atoms with van der Waals surface area (Å²) in [6.07, 6.45) is 1.92. The topological polar surface area (TPSA) is 41.1 Å². The van der Waals surface area contributed by atoms with E-state index in [0.717, 1.165) is 12.8 Å². The number of carbonyl (C=O) groups is 1. The predicted octanol–water partition coefficient (Wildman–Crippen LogP) is 3.79. The molecule has 0 aliphatic rings. The average Bonchev–Trinajstić information content (AvgIpc) is 2.23. The first-order valence-electron chi connectivity index (χ1n) is 5.55. The van der Waals surface area contributed by atoms with Crippen molar-refractivity contribution in [3.63, 3.8) is 0 Å². The number of hydrogen-bond donors (Lipinski definition) is 2. The molecular weight excluding hydrogens is 243 g/mol. The third-order valence-electron chi connectivity index (χ3n) is 2.28. The van der Waals surface area contributed by atoms with Crippen LogP contribution in [-0.4, -0.2) is 12.1 Å². The molecule has 0 radical (unpaired) electrons. The summed E-state index contributed by atoms with van der Waals surface area (Å²) >= 11 is 5.61. The second-order valence-corrected chi connectivity index (χ2v) is 4.32. The molecule has 1 rings (SSSR count). The number of rotatable bonds is 4. The van der Waals surface area contributed by atoms with Gasteiger partial charge in [0, 0.05) is 11.7 Å². The molecule has 0 bridgehead atoms. The fourth-order valence-corrected chi connectivity index (χ4v) is 1.65. The van der Waals surface area contributed by atoms with Crippen LogP contribution in [0.1, 0.15) is 26.7 Å². The minimum absolute atomic E-state index is 0.00981. The summed E-state index contributed by atoms with van der Waals surface area (Å²) in [7, 11) is 0. The second-order valence-electron chi connectivity index (χ2n) is 3.92. The van der Waals surface area contributed by atoms with Crippen LogP contribution >= 0.6 is 11.6 Å². The van der Waals surface area contributed by atoms with Gasteiger partial charge in [-0.2, -0.15) is 0 Å². The van der Waals surface area contributed by atoms with Crippen molar-refractivity contribution in [2.45, 2.75) is 32.7 Å². The van der Waals surface area contributed by atoms with Gasteiger partial charge in [-0.1, -0.05) is 24.9 Å². The van der Waals surface area contributed by atoms with E-state index in [0.29, 0.717) is 5.69 Å². The minimum Gasteiger partial charge on any atom is -0.335 e. The van der Waals surface area contributed by atoms with Gasteiger partial charge in [-0.15, -0.1) is 0 Å². The third kappa shape index (κ3) is 4.61. The Bertz CT molecular complexity index is 398. The lowest BCUT2D eigenvalue weighted by Gasteiger charge is -2.13. The van der Waals surface area contributed by atoms with Crippen LogP contribution in [0.3, 0.4) is 0 Å². The smallest absolute Gasteiger partial charge is 0.319 e. The van der Waals surface area contributed by atoms with E-state index in [1.54, 1.807) is 0 Å². The summed E-state index contributed by atoms with van der Waals surface area (Å²) in [6, 6.07) is 3.85. The largest absolute Gasteiger partial charge is 0.335 e. The maximum atomic E-state index is 12.9. The second kappa shape index (κ2) is 6.45. The Morgan fingerprint density at radius 1 is 1.53 bits per heavy atom. The fraction of sp³-hybridized carbons (Fsp3) is 0.417. The fourth-order valence-electron chi connectivity index (χ4n) is 1.47. The van der Waals surface area contributed by atoms with Crippen LogP contribution < -0.4 is 10.6 Å². The van der Waals surface area contributed by atoms with Crippen molar-refractivity contribution >= 4 is 23.3 Å². The van der Waals surface area contributed by atoms with Crippen molar-refractivity contribution in [2.75, 3.05) is 5.32 Å². The predicted molar refractivity (Wildman–Crippen MR) is 67.9 cm³/mol. The first kappa shape index (κ1) is 13.8. The molecule has 0 aromatic heterocycles. The molecule has 3 nitrogen and oxygen atoms in total. The van der Waals surface area contributed by atoms with Crippen molar-refractivity contribution in [3.05, 3.63) is 29.0 Å². The van der Waals surface area contributed by atoms with Crippen LogP contribution in [-0.2, 0) is 0 Å². The van der Waals surface area contributed by atoms with E-state index >= 15 is 0 Å². The van der Waals surface area contributed by atoms with E-state index in [9.17, 15) is 9.18 Å². The minimum atomic E-state index is -0.503. The molecule has 1 aromatic carbocycles. The van der Waals surface area contributed by atoms with Gasteiger partial charge in [0.1, 0.15) is 5.82 Å². The van der Waals surface area contributed by atoms with Crippen molar-refractivity contribution in [1.82, 2.24) is 5.32 Å². The van der Waals surface area contributed by atoms with Crippen LogP contribution in [0.15, 0.2) is 18.2 Å². The van der Waals surface area contributed by atoms with E-state index in [2.05, 4.69) is 17.6 Å². The normalized spacial score (nSPS) is 12.0. The molecule has 1 atom stereocenters. The van der Waals surface area contributed by atoms with Gasteiger partial charge < -0.3 is 10.6 Å². The molecular formula is C12H16ClFN2O. The molecule has 1 aromatic rings. The number of benzene rings is 1. The summed E-state index contributed by atoms with van der Waals surface area (Å²) in [5, 5.41) is 5.36. The number of urea groups is 1. The molecule has 0 aliphatic heterocycles. The number of nitrogens with one attached hydrogen (secondary N) is 2. The van der Waals surface area contributed by atoms with Gasteiger partial charge >= 0.3 is 6.03 Å². The Morgan fingerprint density at radius 2 is 2.24 bits per heavy atom. The standard InChI is InChI=1S/C12H16ClFN2O/c1-3-4-8(2)15-12(17)16-9-5-6-11(14)10(13)7-9/h5-8H,3-4H2,1-2H3,(H2,15,16,17)/t8-/m0/s1. The highest BCUT2D eigenvalue weighted by Gasteiger charge is 2.07. The molecule has 0 saturated carbocycles. The lowest BCUT2D eigenvalue weighted by atomic mass is 10.2. The van der Waals surface area contributed by atoms with Crippen LogP contribution in [0.4, 0.5) is 14.9 Å². The highest BCUT2D eigenvalue weighted by molar-refractivity contribution is 6.31. The first-order chi connectivity index (χ1) is 8.02. The van der Waals surface area contributed by atoms with Crippen LogP contribution in [0, 0.1) is 5.82 Å². The summed E-state index contributed by atoms with van der Waals surface area (Å²) in [5.74, 6) is -0.503. The van der Waals surface area contributed by atoms with E-state index in [1.165, 1.54) is 18.2 Å². The van der Waals surface area contributed by atoms with Crippen molar-refractivity contribution in [1.29, 1.82) is 0 Å². The van der Waals surface area contributed by atoms with E-state index < -0.39 is 5.82 Å². The van der Waals surface area contributed by atoms with Crippen LogP contribution in [0.5, 0.6) is 0 Å². The number of halogens is 2. The number of hydrogen-bond acceptors (Lipinski definition) is 1. The van der Waals surface area contributed by atoms with Gasteiger partial charge in [0.2, 0.25) is 0 Å². The van der Waals surface area contributed by atoms with Crippen molar-refractivity contribution in [3.8, 4) is 0 Å². The van der Waals surface area contributed by atoms with Gasteiger partial charge in [0.15, 0.2) is 0 Å². The Kier molecular flexibility index (Phi) is 5.22. The molecule has 0 unspecified atom stereocenters. The molecule has 0 saturated heterocycles. The Hall–Kier alpha value is -1.29. The number of anilines is 1. The Balaban J connectivity index is 2.53. The van der Waals surface area contributed by atoms with Crippen LogP contribution in [0.25, 0.3) is 0 Å². The number of carbonyl (C=O) groups excluding carboxylic acids is 1. The molecule has 2 N–H and O–H groups in total. The zero-order valence-corrected chi connectivity index (χ0v) is 10.6. The quantitative estimate of drug-likeness (QED) is 0.848. The highest BCUT2D eigenvalue weighted by Crippen LogP contribution is 2.19.